The van der Waals surface area contributed by atoms with E-state index < -0.39 is 22.4 Å². The second-order valence-corrected chi connectivity index (χ2v) is 14.0. The topological polar surface area (TPSA) is 61.9 Å². The molecular formula is C34H55N3O3. The van der Waals surface area contributed by atoms with E-state index in [0.29, 0.717) is 25.9 Å². The van der Waals surface area contributed by atoms with Crippen molar-refractivity contribution in [2.45, 2.75) is 160 Å². The molecule has 0 atom stereocenters. The van der Waals surface area contributed by atoms with Crippen LogP contribution in [0.2, 0.25) is 0 Å². The number of hydrogen-bond donors (Lipinski definition) is 1. The zero-order valence-corrected chi connectivity index (χ0v) is 26.0. The van der Waals surface area contributed by atoms with Crippen LogP contribution < -0.4 is 5.32 Å². The summed E-state index contributed by atoms with van der Waals surface area (Å²) >= 11 is 0. The number of nitrogens with zero attached hydrogens (tertiary/aromatic N) is 2. The van der Waals surface area contributed by atoms with Gasteiger partial charge in [0, 0.05) is 37.0 Å². The van der Waals surface area contributed by atoms with Gasteiger partial charge in [-0.25, -0.2) is 4.79 Å². The lowest BCUT2D eigenvalue weighted by molar-refractivity contribution is -0.193. The summed E-state index contributed by atoms with van der Waals surface area (Å²) in [6.45, 7) is 11.8. The highest BCUT2D eigenvalue weighted by Crippen LogP contribution is 2.54. The minimum atomic E-state index is -0.932. The predicted octanol–water partition coefficient (Wildman–Crippen LogP) is 7.95. The number of piperidine rings is 1. The van der Waals surface area contributed by atoms with Gasteiger partial charge in [-0.1, -0.05) is 88.6 Å². The Morgan fingerprint density at radius 3 is 1.90 bits per heavy atom. The number of benzene rings is 1. The number of carbonyl (C=O) groups is 2. The maximum Gasteiger partial charge on any atom is 0.318 e. The third-order valence-corrected chi connectivity index (χ3v) is 9.49. The molecule has 2 heterocycles. The van der Waals surface area contributed by atoms with Crippen LogP contribution in [0.15, 0.2) is 30.3 Å². The van der Waals surface area contributed by atoms with Gasteiger partial charge in [0.05, 0.1) is 0 Å². The first-order valence-corrected chi connectivity index (χ1v) is 16.2. The lowest BCUT2D eigenvalue weighted by Crippen LogP contribution is -2.70. The molecule has 2 spiro atoms. The lowest BCUT2D eigenvalue weighted by atomic mass is 9.70. The van der Waals surface area contributed by atoms with Crippen LogP contribution >= 0.6 is 0 Å². The normalized spacial score (nSPS) is 24.5. The quantitative estimate of drug-likeness (QED) is 0.376. The molecular weight excluding hydrogens is 498 g/mol. The van der Waals surface area contributed by atoms with E-state index in [1.165, 1.54) is 44.9 Å². The number of hydrogen-bond acceptors (Lipinski definition) is 3. The van der Waals surface area contributed by atoms with Crippen molar-refractivity contribution in [2.75, 3.05) is 6.54 Å². The van der Waals surface area contributed by atoms with Gasteiger partial charge in [-0.15, -0.1) is 0 Å². The van der Waals surface area contributed by atoms with Crippen molar-refractivity contribution in [2.24, 2.45) is 0 Å². The maximum absolute atomic E-state index is 14.8. The summed E-state index contributed by atoms with van der Waals surface area (Å²) in [5.41, 5.74) is -1.46. The van der Waals surface area contributed by atoms with Crippen molar-refractivity contribution < 1.29 is 14.3 Å². The molecule has 2 saturated heterocycles. The second kappa shape index (κ2) is 12.8. The third kappa shape index (κ3) is 6.69. The molecule has 0 bridgehead atoms. The van der Waals surface area contributed by atoms with E-state index in [4.69, 9.17) is 4.74 Å². The molecule has 1 saturated carbocycles. The van der Waals surface area contributed by atoms with Crippen LogP contribution in [-0.4, -0.2) is 50.7 Å². The predicted molar refractivity (Wildman–Crippen MR) is 162 cm³/mol. The van der Waals surface area contributed by atoms with Crippen molar-refractivity contribution in [1.29, 1.82) is 0 Å². The third-order valence-electron chi connectivity index (χ3n) is 9.49. The number of likely N-dealkylation sites (tertiary alicyclic amines) is 1. The van der Waals surface area contributed by atoms with Crippen molar-refractivity contribution >= 4 is 11.9 Å². The Bertz CT molecular complexity index is 959. The van der Waals surface area contributed by atoms with Gasteiger partial charge in [-0.2, -0.15) is 0 Å². The molecule has 3 fully saturated rings. The molecule has 2 aliphatic heterocycles. The summed E-state index contributed by atoms with van der Waals surface area (Å²) in [5.74, 6) is 0.121. The molecule has 0 aromatic heterocycles. The summed E-state index contributed by atoms with van der Waals surface area (Å²) < 4.78 is 7.34. The van der Waals surface area contributed by atoms with Crippen molar-refractivity contribution in [1.82, 2.24) is 15.1 Å². The smallest absolute Gasteiger partial charge is 0.318 e. The summed E-state index contributed by atoms with van der Waals surface area (Å²) in [6.07, 6.45) is 15.8. The number of carbonyl (C=O) groups excluding carboxylic acids is 2. The Labute approximate surface area is 243 Å². The number of nitrogens with one attached hydrogen (secondary N) is 1. The van der Waals surface area contributed by atoms with E-state index in [-0.39, 0.29) is 11.9 Å². The van der Waals surface area contributed by atoms with E-state index in [0.717, 1.165) is 44.1 Å². The highest BCUT2D eigenvalue weighted by molar-refractivity contribution is 5.89. The molecule has 0 unspecified atom stereocenters. The fourth-order valence-electron chi connectivity index (χ4n) is 8.07. The van der Waals surface area contributed by atoms with Crippen LogP contribution in [0, 0.1) is 0 Å². The molecule has 1 N–H and O–H groups in total. The highest BCUT2D eigenvalue weighted by atomic mass is 16.6. The van der Waals surface area contributed by atoms with Gasteiger partial charge >= 0.3 is 6.03 Å². The maximum atomic E-state index is 14.8. The average molecular weight is 554 g/mol. The van der Waals surface area contributed by atoms with Crippen molar-refractivity contribution in [3.63, 3.8) is 0 Å². The first-order chi connectivity index (χ1) is 19.1. The largest absolute Gasteiger partial charge is 0.339 e. The van der Waals surface area contributed by atoms with Gasteiger partial charge in [-0.05, 0) is 65.4 Å². The molecule has 224 valence electrons. The Morgan fingerprint density at radius 2 is 1.38 bits per heavy atom. The number of unbranched alkanes of at least 4 members (excludes halogenated alkanes) is 1. The minimum Gasteiger partial charge on any atom is -0.339 e. The standard InChI is InChI=1S/C34H55N3O3/c1-6-7-24-35-30(39)37-31(2,3)26-33(27-32(37,4)5)29(38)36(25-28-20-16-15-17-21-28)34(40-33)22-18-13-11-9-8-10-12-14-19-23-34/h15-17,20-21H,6-14,18-19,22-27H2,1-5H3,(H,35,39). The van der Waals surface area contributed by atoms with E-state index in [1.54, 1.807) is 0 Å². The number of ether oxygens (including phenoxy) is 1. The van der Waals surface area contributed by atoms with Gasteiger partial charge in [0.1, 0.15) is 5.72 Å². The van der Waals surface area contributed by atoms with Crippen LogP contribution in [0.4, 0.5) is 4.79 Å². The lowest BCUT2D eigenvalue weighted by Gasteiger charge is -2.57. The van der Waals surface area contributed by atoms with Crippen molar-refractivity contribution in [3.05, 3.63) is 35.9 Å². The number of urea groups is 1. The molecule has 6 heteroatoms. The molecule has 3 amide bonds. The average Bonchev–Trinajstić information content (AvgIpc) is 3.07. The van der Waals surface area contributed by atoms with E-state index in [9.17, 15) is 9.59 Å². The van der Waals surface area contributed by atoms with Crippen LogP contribution in [0.1, 0.15) is 136 Å². The molecule has 3 aliphatic rings. The van der Waals surface area contributed by atoms with Gasteiger partial charge in [-0.3, -0.25) is 4.79 Å². The van der Waals surface area contributed by atoms with Gasteiger partial charge in [0.2, 0.25) is 0 Å². The van der Waals surface area contributed by atoms with Crippen LogP contribution in [-0.2, 0) is 16.1 Å². The first-order valence-electron chi connectivity index (χ1n) is 16.2. The van der Waals surface area contributed by atoms with Crippen LogP contribution in [0.3, 0.4) is 0 Å². The zero-order chi connectivity index (χ0) is 28.9. The molecule has 1 aromatic rings. The summed E-state index contributed by atoms with van der Waals surface area (Å²) in [7, 11) is 0. The SMILES string of the molecule is CCCCNC(=O)N1C(C)(C)CC2(CC1(C)C)OC1(CCCCCCCCCCC1)N(Cc1ccccc1)C2=O. The van der Waals surface area contributed by atoms with E-state index >= 15 is 0 Å². The summed E-state index contributed by atoms with van der Waals surface area (Å²) in [5, 5.41) is 3.14. The van der Waals surface area contributed by atoms with Gasteiger partial charge < -0.3 is 19.9 Å². The van der Waals surface area contributed by atoms with Gasteiger partial charge in [0.25, 0.3) is 5.91 Å². The monoisotopic (exact) mass is 553 g/mol. The molecule has 1 aliphatic carbocycles. The van der Waals surface area contributed by atoms with Crippen molar-refractivity contribution in [3.8, 4) is 0 Å². The Morgan fingerprint density at radius 1 is 0.850 bits per heavy atom. The first kappa shape index (κ1) is 30.9. The van der Waals surface area contributed by atoms with Gasteiger partial charge in [0.15, 0.2) is 5.60 Å². The number of rotatable bonds is 5. The fraction of sp³-hybridized carbons (Fsp3) is 0.765. The Kier molecular flexibility index (Phi) is 9.91. The molecule has 0 radical (unpaired) electrons. The second-order valence-electron chi connectivity index (χ2n) is 14.0. The highest BCUT2D eigenvalue weighted by Gasteiger charge is 2.66. The number of amides is 3. The molecule has 40 heavy (non-hydrogen) atoms. The Balaban J connectivity index is 1.68. The zero-order valence-electron chi connectivity index (χ0n) is 26.0. The van der Waals surface area contributed by atoms with Crippen LogP contribution in [0.5, 0.6) is 0 Å². The molecule has 6 nitrogen and oxygen atoms in total. The summed E-state index contributed by atoms with van der Waals surface area (Å²) in [4.78, 5) is 32.4. The minimum absolute atomic E-state index is 0.0365. The summed E-state index contributed by atoms with van der Waals surface area (Å²) in [6, 6.07) is 10.4. The molecule has 4 rings (SSSR count). The molecule has 1 aromatic carbocycles. The fourth-order valence-corrected chi connectivity index (χ4v) is 8.07. The van der Waals surface area contributed by atoms with E-state index in [2.05, 4.69) is 69.1 Å². The Hall–Kier alpha value is -2.08. The van der Waals surface area contributed by atoms with E-state index in [1.807, 2.05) is 11.0 Å². The van der Waals surface area contributed by atoms with Crippen LogP contribution in [0.25, 0.3) is 0 Å².